The van der Waals surface area contributed by atoms with Crippen molar-refractivity contribution in [2.45, 2.75) is 12.8 Å². The molecule has 0 saturated carbocycles. The van der Waals surface area contributed by atoms with Crippen molar-refractivity contribution >= 4 is 23.2 Å². The minimum atomic E-state index is -0.337. The van der Waals surface area contributed by atoms with Gasteiger partial charge in [0.1, 0.15) is 0 Å². The lowest BCUT2D eigenvalue weighted by Gasteiger charge is -2.29. The fraction of sp³-hybridized carbons (Fsp3) is 0.667. The maximum absolute atomic E-state index is 13.0. The maximum Gasteiger partial charge on any atom is 0.254 e. The summed E-state index contributed by atoms with van der Waals surface area (Å²) in [5, 5.41) is 3.81. The Labute approximate surface area is 152 Å². The fourth-order valence-corrected chi connectivity index (χ4v) is 4.82. The van der Waals surface area contributed by atoms with Crippen LogP contribution in [0, 0.1) is 5.41 Å². The third-order valence-corrected chi connectivity index (χ3v) is 6.48. The van der Waals surface area contributed by atoms with E-state index in [-0.39, 0.29) is 17.2 Å². The van der Waals surface area contributed by atoms with Crippen LogP contribution in [0.3, 0.4) is 0 Å². The molecule has 1 spiro atoms. The SMILES string of the molecule is O=C(c1ccsc1)N1CCC2(CCN(CCN3CCOCC3)C2=O)C1. The summed E-state index contributed by atoms with van der Waals surface area (Å²) in [5.74, 6) is 0.319. The van der Waals surface area contributed by atoms with Gasteiger partial charge in [0, 0.05) is 51.2 Å². The predicted octanol–water partition coefficient (Wildman–Crippen LogP) is 1.14. The van der Waals surface area contributed by atoms with Crippen LogP contribution >= 0.6 is 11.3 Å². The number of amides is 2. The van der Waals surface area contributed by atoms with Gasteiger partial charge in [0.15, 0.2) is 0 Å². The predicted molar refractivity (Wildman–Crippen MR) is 95.7 cm³/mol. The van der Waals surface area contributed by atoms with Crippen LogP contribution in [0.25, 0.3) is 0 Å². The number of likely N-dealkylation sites (tertiary alicyclic amines) is 2. The molecule has 0 bridgehead atoms. The summed E-state index contributed by atoms with van der Waals surface area (Å²) in [6.45, 7) is 7.29. The van der Waals surface area contributed by atoms with Crippen LogP contribution in [0.4, 0.5) is 0 Å². The average molecular weight is 363 g/mol. The van der Waals surface area contributed by atoms with Crippen LogP contribution in [-0.4, -0.2) is 85.5 Å². The molecular formula is C18H25N3O3S. The number of hydrogen-bond donors (Lipinski definition) is 0. The topological polar surface area (TPSA) is 53.1 Å². The molecule has 4 heterocycles. The number of thiophene rings is 1. The van der Waals surface area contributed by atoms with Gasteiger partial charge in [0.2, 0.25) is 5.91 Å². The number of nitrogens with zero attached hydrogens (tertiary/aromatic N) is 3. The van der Waals surface area contributed by atoms with Gasteiger partial charge in [-0.05, 0) is 24.3 Å². The zero-order valence-electron chi connectivity index (χ0n) is 14.5. The number of carbonyl (C=O) groups excluding carboxylic acids is 2. The van der Waals surface area contributed by atoms with E-state index in [4.69, 9.17) is 4.74 Å². The van der Waals surface area contributed by atoms with Gasteiger partial charge in [-0.2, -0.15) is 11.3 Å². The molecule has 3 aliphatic heterocycles. The van der Waals surface area contributed by atoms with E-state index in [1.54, 1.807) is 0 Å². The second-order valence-electron chi connectivity index (χ2n) is 7.27. The minimum absolute atomic E-state index is 0.0673. The first-order valence-corrected chi connectivity index (χ1v) is 10.0. The zero-order valence-corrected chi connectivity index (χ0v) is 15.3. The van der Waals surface area contributed by atoms with Crippen molar-refractivity contribution in [2.75, 3.05) is 59.0 Å². The van der Waals surface area contributed by atoms with E-state index in [2.05, 4.69) is 4.90 Å². The summed E-state index contributed by atoms with van der Waals surface area (Å²) in [6.07, 6.45) is 1.68. The molecular weight excluding hydrogens is 338 g/mol. The van der Waals surface area contributed by atoms with E-state index >= 15 is 0 Å². The van der Waals surface area contributed by atoms with Crippen molar-refractivity contribution in [1.82, 2.24) is 14.7 Å². The lowest BCUT2D eigenvalue weighted by molar-refractivity contribution is -0.135. The first-order valence-electron chi connectivity index (χ1n) is 9.09. The normalized spacial score (nSPS) is 27.6. The van der Waals surface area contributed by atoms with Gasteiger partial charge in [-0.1, -0.05) is 0 Å². The van der Waals surface area contributed by atoms with Crippen LogP contribution in [0.2, 0.25) is 0 Å². The molecule has 4 rings (SSSR count). The average Bonchev–Trinajstić information content (AvgIpc) is 3.38. The molecule has 1 aromatic heterocycles. The van der Waals surface area contributed by atoms with E-state index in [1.807, 2.05) is 26.6 Å². The quantitative estimate of drug-likeness (QED) is 0.805. The molecule has 6 nitrogen and oxygen atoms in total. The molecule has 3 aliphatic rings. The van der Waals surface area contributed by atoms with Gasteiger partial charge in [-0.15, -0.1) is 0 Å². The standard InChI is InChI=1S/C18H25N3O3S/c22-16(15-1-12-25-13-15)21-5-3-18(14-21)2-4-20(17(18)23)7-6-19-8-10-24-11-9-19/h1,12-13H,2-11,14H2. The van der Waals surface area contributed by atoms with Crippen LogP contribution in [0.15, 0.2) is 16.8 Å². The summed E-state index contributed by atoms with van der Waals surface area (Å²) < 4.78 is 5.37. The largest absolute Gasteiger partial charge is 0.379 e. The van der Waals surface area contributed by atoms with Crippen molar-refractivity contribution in [3.05, 3.63) is 22.4 Å². The maximum atomic E-state index is 13.0. The third-order valence-electron chi connectivity index (χ3n) is 5.80. The minimum Gasteiger partial charge on any atom is -0.379 e. The summed E-state index contributed by atoms with van der Waals surface area (Å²) in [6, 6.07) is 1.86. The second-order valence-corrected chi connectivity index (χ2v) is 8.05. The van der Waals surface area contributed by atoms with Crippen molar-refractivity contribution in [3.8, 4) is 0 Å². The molecule has 7 heteroatoms. The van der Waals surface area contributed by atoms with E-state index in [0.717, 1.165) is 64.3 Å². The second kappa shape index (κ2) is 7.05. The van der Waals surface area contributed by atoms with Crippen molar-refractivity contribution < 1.29 is 14.3 Å². The Kier molecular flexibility index (Phi) is 4.80. The van der Waals surface area contributed by atoms with Crippen LogP contribution in [0.1, 0.15) is 23.2 Å². The molecule has 0 N–H and O–H groups in total. The Bertz CT molecular complexity index is 630. The van der Waals surface area contributed by atoms with Crippen LogP contribution in [0.5, 0.6) is 0 Å². The number of carbonyl (C=O) groups is 2. The molecule has 2 amide bonds. The van der Waals surface area contributed by atoms with E-state index in [0.29, 0.717) is 13.1 Å². The highest BCUT2D eigenvalue weighted by Crippen LogP contribution is 2.41. The highest BCUT2D eigenvalue weighted by molar-refractivity contribution is 7.08. The molecule has 3 fully saturated rings. The summed E-state index contributed by atoms with van der Waals surface area (Å²) in [4.78, 5) is 31.8. The van der Waals surface area contributed by atoms with Crippen molar-refractivity contribution in [3.63, 3.8) is 0 Å². The molecule has 136 valence electrons. The number of ether oxygens (including phenoxy) is 1. The summed E-state index contributed by atoms with van der Waals surface area (Å²) in [5.41, 5.74) is 0.410. The molecule has 1 unspecified atom stereocenters. The Morgan fingerprint density at radius 1 is 1.16 bits per heavy atom. The van der Waals surface area contributed by atoms with E-state index in [1.165, 1.54) is 11.3 Å². The molecule has 0 aliphatic carbocycles. The van der Waals surface area contributed by atoms with Gasteiger partial charge >= 0.3 is 0 Å². The Morgan fingerprint density at radius 2 is 1.96 bits per heavy atom. The summed E-state index contributed by atoms with van der Waals surface area (Å²) in [7, 11) is 0. The van der Waals surface area contributed by atoms with Crippen LogP contribution < -0.4 is 0 Å². The highest BCUT2D eigenvalue weighted by atomic mass is 32.1. The number of rotatable bonds is 4. The molecule has 1 atom stereocenters. The van der Waals surface area contributed by atoms with Crippen LogP contribution in [-0.2, 0) is 9.53 Å². The zero-order chi connectivity index (χ0) is 17.3. The Balaban J connectivity index is 1.34. The molecule has 0 radical (unpaired) electrons. The molecule has 1 aromatic rings. The fourth-order valence-electron chi connectivity index (χ4n) is 4.19. The van der Waals surface area contributed by atoms with E-state index in [9.17, 15) is 9.59 Å². The van der Waals surface area contributed by atoms with Gasteiger partial charge in [-0.3, -0.25) is 14.5 Å². The number of hydrogen-bond acceptors (Lipinski definition) is 5. The highest BCUT2D eigenvalue weighted by Gasteiger charge is 2.51. The number of morpholine rings is 1. The smallest absolute Gasteiger partial charge is 0.254 e. The Hall–Kier alpha value is -1.44. The first kappa shape index (κ1) is 17.0. The monoisotopic (exact) mass is 363 g/mol. The van der Waals surface area contributed by atoms with Gasteiger partial charge in [-0.25, -0.2) is 0 Å². The lowest BCUT2D eigenvalue weighted by atomic mass is 9.85. The molecule has 3 saturated heterocycles. The van der Waals surface area contributed by atoms with Gasteiger partial charge in [0.05, 0.1) is 24.2 Å². The van der Waals surface area contributed by atoms with E-state index < -0.39 is 0 Å². The third kappa shape index (κ3) is 3.32. The molecule has 25 heavy (non-hydrogen) atoms. The van der Waals surface area contributed by atoms with Gasteiger partial charge < -0.3 is 14.5 Å². The molecule has 0 aromatic carbocycles. The van der Waals surface area contributed by atoms with Crippen molar-refractivity contribution in [2.24, 2.45) is 5.41 Å². The summed E-state index contributed by atoms with van der Waals surface area (Å²) >= 11 is 1.54. The van der Waals surface area contributed by atoms with Crippen molar-refractivity contribution in [1.29, 1.82) is 0 Å². The Morgan fingerprint density at radius 3 is 2.72 bits per heavy atom. The first-order chi connectivity index (χ1) is 12.2. The lowest BCUT2D eigenvalue weighted by Crippen LogP contribution is -2.43. The van der Waals surface area contributed by atoms with Gasteiger partial charge in [0.25, 0.3) is 5.91 Å².